The quantitative estimate of drug-likeness (QED) is 0.701. The van der Waals surface area contributed by atoms with E-state index in [2.05, 4.69) is 56.1 Å². The summed E-state index contributed by atoms with van der Waals surface area (Å²) in [6.45, 7) is 7.04. The molecule has 0 N–H and O–H groups in total. The Morgan fingerprint density at radius 2 is 1.88 bits per heavy atom. The van der Waals surface area contributed by atoms with Gasteiger partial charge in [0.1, 0.15) is 0 Å². The van der Waals surface area contributed by atoms with Crippen LogP contribution in [0.2, 0.25) is 0 Å². The Morgan fingerprint density at radius 3 is 2.59 bits per heavy atom. The fourth-order valence-electron chi connectivity index (χ4n) is 2.94. The summed E-state index contributed by atoms with van der Waals surface area (Å²) >= 11 is 0. The molecule has 0 radical (unpaired) electrons. The van der Waals surface area contributed by atoms with Gasteiger partial charge in [-0.2, -0.15) is 0 Å². The van der Waals surface area contributed by atoms with E-state index in [1.165, 1.54) is 17.4 Å². The molecule has 0 saturated heterocycles. The number of nitrogens with zero attached hydrogens (tertiary/aromatic N) is 1. The van der Waals surface area contributed by atoms with Gasteiger partial charge in [-0.3, -0.25) is 4.98 Å². The summed E-state index contributed by atoms with van der Waals surface area (Å²) in [5, 5.41) is 1.34. The first-order valence-electron chi connectivity index (χ1n) is 6.41. The van der Waals surface area contributed by atoms with Crippen LogP contribution in [0.4, 0.5) is 0 Å². The van der Waals surface area contributed by atoms with Gasteiger partial charge in [-0.1, -0.05) is 39.0 Å². The molecule has 88 valence electrons. The molecular weight excluding hydrogens is 206 g/mol. The van der Waals surface area contributed by atoms with Gasteiger partial charge in [0.15, 0.2) is 0 Å². The van der Waals surface area contributed by atoms with Crippen LogP contribution >= 0.6 is 0 Å². The van der Waals surface area contributed by atoms with Crippen molar-refractivity contribution in [1.82, 2.24) is 4.98 Å². The first-order chi connectivity index (χ1) is 8.07. The summed E-state index contributed by atoms with van der Waals surface area (Å²) in [7, 11) is 0. The standard InChI is InChI=1S/C16H19N/c1-16(2,3)14-10-13(14)11-8-9-17-15-7-5-4-6-12(11)15/h4-9,13-14H,10H2,1-3H3/t13-,14?/m0/s1. The summed E-state index contributed by atoms with van der Waals surface area (Å²) in [6, 6.07) is 10.7. The zero-order valence-electron chi connectivity index (χ0n) is 10.8. The van der Waals surface area contributed by atoms with Gasteiger partial charge in [0, 0.05) is 11.6 Å². The van der Waals surface area contributed by atoms with Crippen molar-refractivity contribution in [3.05, 3.63) is 42.1 Å². The molecular formula is C16H19N. The molecule has 1 nitrogen and oxygen atoms in total. The van der Waals surface area contributed by atoms with Crippen LogP contribution in [0, 0.1) is 11.3 Å². The summed E-state index contributed by atoms with van der Waals surface area (Å²) in [6.07, 6.45) is 3.28. The van der Waals surface area contributed by atoms with E-state index < -0.39 is 0 Å². The van der Waals surface area contributed by atoms with Crippen LogP contribution in [0.1, 0.15) is 38.7 Å². The average molecular weight is 225 g/mol. The fourth-order valence-corrected chi connectivity index (χ4v) is 2.94. The fraction of sp³-hybridized carbons (Fsp3) is 0.438. The molecule has 1 saturated carbocycles. The lowest BCUT2D eigenvalue weighted by Crippen LogP contribution is -2.09. The number of hydrogen-bond acceptors (Lipinski definition) is 1. The highest BCUT2D eigenvalue weighted by molar-refractivity contribution is 5.82. The molecule has 0 amide bonds. The number of aromatic nitrogens is 1. The van der Waals surface area contributed by atoms with Gasteiger partial charge in [-0.25, -0.2) is 0 Å². The molecule has 0 aliphatic heterocycles. The smallest absolute Gasteiger partial charge is 0.0704 e. The van der Waals surface area contributed by atoms with Gasteiger partial charge in [0.2, 0.25) is 0 Å². The third-order valence-electron chi connectivity index (χ3n) is 3.99. The van der Waals surface area contributed by atoms with Crippen molar-refractivity contribution in [2.24, 2.45) is 11.3 Å². The number of pyridine rings is 1. The molecule has 1 aliphatic carbocycles. The summed E-state index contributed by atoms with van der Waals surface area (Å²) in [5.74, 6) is 1.57. The second-order valence-corrected chi connectivity index (χ2v) is 6.23. The van der Waals surface area contributed by atoms with Crippen LogP contribution in [-0.2, 0) is 0 Å². The predicted octanol–water partition coefficient (Wildman–Crippen LogP) is 4.38. The zero-order valence-corrected chi connectivity index (χ0v) is 10.8. The Hall–Kier alpha value is -1.37. The third-order valence-corrected chi connectivity index (χ3v) is 3.99. The molecule has 1 aromatic heterocycles. The van der Waals surface area contributed by atoms with E-state index in [1.807, 2.05) is 6.20 Å². The summed E-state index contributed by atoms with van der Waals surface area (Å²) < 4.78 is 0. The lowest BCUT2D eigenvalue weighted by Gasteiger charge is -2.18. The van der Waals surface area contributed by atoms with Crippen LogP contribution in [0.15, 0.2) is 36.5 Å². The van der Waals surface area contributed by atoms with Gasteiger partial charge >= 0.3 is 0 Å². The van der Waals surface area contributed by atoms with Gasteiger partial charge in [-0.15, -0.1) is 0 Å². The summed E-state index contributed by atoms with van der Waals surface area (Å²) in [4.78, 5) is 4.44. The van der Waals surface area contributed by atoms with Gasteiger partial charge < -0.3 is 0 Å². The monoisotopic (exact) mass is 225 g/mol. The molecule has 0 bridgehead atoms. The molecule has 0 spiro atoms. The normalized spacial score (nSPS) is 23.9. The Kier molecular flexibility index (Phi) is 2.25. The van der Waals surface area contributed by atoms with E-state index in [1.54, 1.807) is 0 Å². The van der Waals surface area contributed by atoms with Gasteiger partial charge in [0.25, 0.3) is 0 Å². The second-order valence-electron chi connectivity index (χ2n) is 6.23. The number of hydrogen-bond donors (Lipinski definition) is 0. The molecule has 2 atom stereocenters. The van der Waals surface area contributed by atoms with Crippen LogP contribution in [0.5, 0.6) is 0 Å². The SMILES string of the molecule is CC(C)(C)C1C[C@H]1c1ccnc2ccccc12. The van der Waals surface area contributed by atoms with Gasteiger partial charge in [0.05, 0.1) is 5.52 Å². The van der Waals surface area contributed by atoms with E-state index in [4.69, 9.17) is 0 Å². The van der Waals surface area contributed by atoms with Crippen molar-refractivity contribution in [2.75, 3.05) is 0 Å². The van der Waals surface area contributed by atoms with E-state index in [0.717, 1.165) is 17.4 Å². The van der Waals surface area contributed by atoms with Crippen molar-refractivity contribution in [3.63, 3.8) is 0 Å². The molecule has 2 aromatic rings. The van der Waals surface area contributed by atoms with Gasteiger partial charge in [-0.05, 0) is 41.4 Å². The highest BCUT2D eigenvalue weighted by Crippen LogP contribution is 2.57. The van der Waals surface area contributed by atoms with Crippen molar-refractivity contribution in [2.45, 2.75) is 33.1 Å². The van der Waals surface area contributed by atoms with Crippen LogP contribution in [-0.4, -0.2) is 4.98 Å². The Bertz CT molecular complexity index is 545. The lowest BCUT2D eigenvalue weighted by atomic mass is 9.87. The molecule has 1 heterocycles. The second kappa shape index (κ2) is 3.56. The topological polar surface area (TPSA) is 12.9 Å². The number of benzene rings is 1. The van der Waals surface area contributed by atoms with Crippen LogP contribution in [0.3, 0.4) is 0 Å². The molecule has 1 fully saturated rings. The van der Waals surface area contributed by atoms with Crippen molar-refractivity contribution in [3.8, 4) is 0 Å². The minimum absolute atomic E-state index is 0.426. The van der Waals surface area contributed by atoms with E-state index >= 15 is 0 Å². The Morgan fingerprint density at radius 1 is 1.12 bits per heavy atom. The van der Waals surface area contributed by atoms with E-state index in [0.29, 0.717) is 5.41 Å². The number of fused-ring (bicyclic) bond motifs is 1. The molecule has 1 aromatic carbocycles. The van der Waals surface area contributed by atoms with E-state index in [-0.39, 0.29) is 0 Å². The Labute approximate surface area is 103 Å². The largest absolute Gasteiger partial charge is 0.256 e. The Balaban J connectivity index is 2.03. The summed E-state index contributed by atoms with van der Waals surface area (Å²) in [5.41, 5.74) is 3.05. The minimum Gasteiger partial charge on any atom is -0.256 e. The number of rotatable bonds is 1. The van der Waals surface area contributed by atoms with E-state index in [9.17, 15) is 0 Å². The van der Waals surface area contributed by atoms with Crippen molar-refractivity contribution < 1.29 is 0 Å². The predicted molar refractivity (Wildman–Crippen MR) is 72.0 cm³/mol. The highest BCUT2D eigenvalue weighted by atomic mass is 14.7. The minimum atomic E-state index is 0.426. The van der Waals surface area contributed by atoms with Crippen LogP contribution < -0.4 is 0 Å². The zero-order chi connectivity index (χ0) is 12.0. The molecule has 3 rings (SSSR count). The van der Waals surface area contributed by atoms with Crippen LogP contribution in [0.25, 0.3) is 10.9 Å². The van der Waals surface area contributed by atoms with Crippen molar-refractivity contribution in [1.29, 1.82) is 0 Å². The molecule has 1 heteroatoms. The lowest BCUT2D eigenvalue weighted by molar-refractivity contribution is 0.343. The molecule has 1 aliphatic rings. The number of para-hydroxylation sites is 1. The molecule has 17 heavy (non-hydrogen) atoms. The maximum absolute atomic E-state index is 4.44. The third kappa shape index (κ3) is 1.84. The first-order valence-corrected chi connectivity index (χ1v) is 6.41. The highest BCUT2D eigenvalue weighted by Gasteiger charge is 2.46. The maximum atomic E-state index is 4.44. The molecule has 1 unspecified atom stereocenters. The van der Waals surface area contributed by atoms with Crippen molar-refractivity contribution >= 4 is 10.9 Å². The average Bonchev–Trinajstić information content (AvgIpc) is 3.07. The first kappa shape index (κ1) is 10.8. The maximum Gasteiger partial charge on any atom is 0.0704 e.